The summed E-state index contributed by atoms with van der Waals surface area (Å²) in [7, 11) is 0. The fourth-order valence-corrected chi connectivity index (χ4v) is 5.08. The monoisotopic (exact) mass is 348 g/mol. The first-order chi connectivity index (χ1) is 12.7. The number of H-pyrrole nitrogens is 1. The molecule has 0 saturated carbocycles. The molecule has 1 N–H and O–H groups in total. The summed E-state index contributed by atoms with van der Waals surface area (Å²) in [6.07, 6.45) is 7.99. The highest BCUT2D eigenvalue weighted by molar-refractivity contribution is 5.38. The van der Waals surface area contributed by atoms with Crippen molar-refractivity contribution in [2.45, 2.75) is 44.1 Å². The molecule has 5 nitrogen and oxygen atoms in total. The molecule has 3 aromatic rings. The molecule has 5 heteroatoms. The number of likely N-dealkylation sites (tertiary alicyclic amines) is 1. The van der Waals surface area contributed by atoms with Crippen molar-refractivity contribution in [2.75, 3.05) is 13.1 Å². The summed E-state index contributed by atoms with van der Waals surface area (Å²) in [5.41, 5.74) is 4.90. The minimum atomic E-state index is -0.0373. The van der Waals surface area contributed by atoms with E-state index in [4.69, 9.17) is 0 Å². The van der Waals surface area contributed by atoms with E-state index in [9.17, 15) is 4.79 Å². The van der Waals surface area contributed by atoms with Crippen molar-refractivity contribution in [3.05, 3.63) is 69.8 Å². The van der Waals surface area contributed by atoms with Gasteiger partial charge in [-0.15, -0.1) is 0 Å². The van der Waals surface area contributed by atoms with Crippen LogP contribution in [0.3, 0.4) is 0 Å². The molecule has 1 unspecified atom stereocenters. The van der Waals surface area contributed by atoms with Gasteiger partial charge in [-0.1, -0.05) is 24.3 Å². The molecule has 1 aliphatic heterocycles. The average molecular weight is 348 g/mol. The molecule has 1 atom stereocenters. The standard InChI is InChI=1S/C21H24N4O/c26-20-13-17(23-19-8-11-22-25(19)20)14-24-12-4-10-21(15-24)9-3-6-16-5-1-2-7-18(16)21/h1-2,5,7-8,11,13,22H,3-4,6,9-10,12,14-15H2. The first-order valence-electron chi connectivity index (χ1n) is 9.60. The van der Waals surface area contributed by atoms with Crippen molar-refractivity contribution >= 4 is 5.65 Å². The third-order valence-corrected chi connectivity index (χ3v) is 6.17. The van der Waals surface area contributed by atoms with Crippen LogP contribution in [0.15, 0.2) is 47.4 Å². The van der Waals surface area contributed by atoms with Gasteiger partial charge in [-0.3, -0.25) is 14.8 Å². The lowest BCUT2D eigenvalue weighted by atomic mass is 9.66. The molecule has 1 spiro atoms. The third-order valence-electron chi connectivity index (χ3n) is 6.17. The largest absolute Gasteiger partial charge is 0.297 e. The van der Waals surface area contributed by atoms with Crippen molar-refractivity contribution in [3.8, 4) is 0 Å². The first kappa shape index (κ1) is 15.8. The van der Waals surface area contributed by atoms with Gasteiger partial charge in [-0.05, 0) is 49.8 Å². The molecule has 2 aromatic heterocycles. The fourth-order valence-electron chi connectivity index (χ4n) is 5.08. The SMILES string of the molecule is O=c1cc(CN2CCCC3(CCCc4ccccc43)C2)nc2cc[nH]n12. The summed E-state index contributed by atoms with van der Waals surface area (Å²) >= 11 is 0. The van der Waals surface area contributed by atoms with E-state index < -0.39 is 0 Å². The number of aromatic amines is 1. The van der Waals surface area contributed by atoms with Crippen LogP contribution in [0.2, 0.25) is 0 Å². The van der Waals surface area contributed by atoms with Crippen molar-refractivity contribution in [2.24, 2.45) is 0 Å². The lowest BCUT2D eigenvalue weighted by molar-refractivity contribution is 0.124. The Morgan fingerprint density at radius 1 is 1.15 bits per heavy atom. The molecule has 1 saturated heterocycles. The predicted octanol–water partition coefficient (Wildman–Crippen LogP) is 2.89. The molecule has 5 rings (SSSR count). The van der Waals surface area contributed by atoms with E-state index in [0.29, 0.717) is 5.65 Å². The van der Waals surface area contributed by atoms with Crippen LogP contribution < -0.4 is 5.56 Å². The molecule has 1 aromatic carbocycles. The number of aromatic nitrogens is 3. The Balaban J connectivity index is 1.43. The molecule has 26 heavy (non-hydrogen) atoms. The van der Waals surface area contributed by atoms with Gasteiger partial charge in [-0.2, -0.15) is 0 Å². The van der Waals surface area contributed by atoms with E-state index in [1.54, 1.807) is 17.8 Å². The number of piperidine rings is 1. The normalized spacial score (nSPS) is 23.4. The number of hydrogen-bond donors (Lipinski definition) is 1. The molecule has 1 fully saturated rings. The number of fused-ring (bicyclic) bond motifs is 3. The second-order valence-corrected chi connectivity index (χ2v) is 7.85. The predicted molar refractivity (Wildman–Crippen MR) is 101 cm³/mol. The van der Waals surface area contributed by atoms with E-state index >= 15 is 0 Å². The van der Waals surface area contributed by atoms with E-state index in [1.807, 2.05) is 6.07 Å². The summed E-state index contributed by atoms with van der Waals surface area (Å²) < 4.78 is 1.48. The minimum absolute atomic E-state index is 0.0373. The van der Waals surface area contributed by atoms with Gasteiger partial charge < -0.3 is 0 Å². The third kappa shape index (κ3) is 2.58. The van der Waals surface area contributed by atoms with E-state index in [2.05, 4.69) is 39.2 Å². The van der Waals surface area contributed by atoms with Crippen LogP contribution >= 0.6 is 0 Å². The minimum Gasteiger partial charge on any atom is -0.297 e. The van der Waals surface area contributed by atoms with Gasteiger partial charge in [0.25, 0.3) is 5.56 Å². The van der Waals surface area contributed by atoms with Gasteiger partial charge in [0.15, 0.2) is 5.65 Å². The van der Waals surface area contributed by atoms with Crippen molar-refractivity contribution in [1.82, 2.24) is 19.5 Å². The number of hydrogen-bond acceptors (Lipinski definition) is 3. The van der Waals surface area contributed by atoms with Gasteiger partial charge >= 0.3 is 0 Å². The second-order valence-electron chi connectivity index (χ2n) is 7.85. The topological polar surface area (TPSA) is 53.4 Å². The summed E-state index contributed by atoms with van der Waals surface area (Å²) in [4.78, 5) is 19.4. The summed E-state index contributed by atoms with van der Waals surface area (Å²) in [6, 6.07) is 12.5. The van der Waals surface area contributed by atoms with Gasteiger partial charge in [-0.25, -0.2) is 9.50 Å². The van der Waals surface area contributed by atoms with Crippen LogP contribution in [0.25, 0.3) is 5.65 Å². The van der Waals surface area contributed by atoms with Gasteiger partial charge in [0.2, 0.25) is 0 Å². The molecule has 0 amide bonds. The Hall–Kier alpha value is -2.40. The Morgan fingerprint density at radius 2 is 2.04 bits per heavy atom. The maximum Gasteiger partial charge on any atom is 0.272 e. The van der Waals surface area contributed by atoms with Crippen LogP contribution in [0.5, 0.6) is 0 Å². The van der Waals surface area contributed by atoms with Crippen LogP contribution in [-0.4, -0.2) is 32.6 Å². The Morgan fingerprint density at radius 3 is 3.00 bits per heavy atom. The number of nitrogens with one attached hydrogen (secondary N) is 1. The zero-order valence-corrected chi connectivity index (χ0v) is 14.9. The smallest absolute Gasteiger partial charge is 0.272 e. The highest BCUT2D eigenvalue weighted by atomic mass is 16.1. The number of nitrogens with zero attached hydrogens (tertiary/aromatic N) is 3. The molecule has 0 bridgehead atoms. The first-order valence-corrected chi connectivity index (χ1v) is 9.60. The van der Waals surface area contributed by atoms with Gasteiger partial charge in [0, 0.05) is 36.8 Å². The lowest BCUT2D eigenvalue weighted by Crippen LogP contribution is -2.47. The van der Waals surface area contributed by atoms with Crippen molar-refractivity contribution < 1.29 is 0 Å². The molecule has 2 aliphatic rings. The van der Waals surface area contributed by atoms with Crippen LogP contribution in [0.4, 0.5) is 0 Å². The lowest BCUT2D eigenvalue weighted by Gasteiger charge is -2.46. The number of aryl methyl sites for hydroxylation is 1. The number of benzene rings is 1. The number of rotatable bonds is 2. The van der Waals surface area contributed by atoms with Gasteiger partial charge in [0.05, 0.1) is 5.69 Å². The summed E-state index contributed by atoms with van der Waals surface area (Å²) in [5, 5.41) is 2.90. The highest BCUT2D eigenvalue weighted by Gasteiger charge is 2.39. The fraction of sp³-hybridized carbons (Fsp3) is 0.429. The second kappa shape index (κ2) is 6.09. The maximum atomic E-state index is 12.2. The highest BCUT2D eigenvalue weighted by Crippen LogP contribution is 2.43. The molecular weight excluding hydrogens is 324 g/mol. The van der Waals surface area contributed by atoms with E-state index in [1.165, 1.54) is 42.2 Å². The molecule has 0 radical (unpaired) electrons. The van der Waals surface area contributed by atoms with Crippen molar-refractivity contribution in [3.63, 3.8) is 0 Å². The maximum absolute atomic E-state index is 12.2. The van der Waals surface area contributed by atoms with Crippen molar-refractivity contribution in [1.29, 1.82) is 0 Å². The molecule has 1 aliphatic carbocycles. The van der Waals surface area contributed by atoms with Gasteiger partial charge in [0.1, 0.15) is 0 Å². The van der Waals surface area contributed by atoms with E-state index in [-0.39, 0.29) is 11.0 Å². The quantitative estimate of drug-likeness (QED) is 0.775. The Kier molecular flexibility index (Phi) is 3.71. The molecule has 134 valence electrons. The Labute approximate surface area is 152 Å². The average Bonchev–Trinajstić information content (AvgIpc) is 3.12. The summed E-state index contributed by atoms with van der Waals surface area (Å²) in [6.45, 7) is 2.90. The zero-order chi connectivity index (χ0) is 17.6. The van der Waals surface area contributed by atoms with Crippen LogP contribution in [0.1, 0.15) is 42.5 Å². The molecular formula is C21H24N4O. The Bertz CT molecular complexity index is 1000. The van der Waals surface area contributed by atoms with Crippen LogP contribution in [0, 0.1) is 0 Å². The molecule has 3 heterocycles. The zero-order valence-electron chi connectivity index (χ0n) is 14.9. The van der Waals surface area contributed by atoms with Crippen LogP contribution in [-0.2, 0) is 18.4 Å². The summed E-state index contributed by atoms with van der Waals surface area (Å²) in [5.74, 6) is 0. The van der Waals surface area contributed by atoms with E-state index in [0.717, 1.165) is 25.3 Å².